The summed E-state index contributed by atoms with van der Waals surface area (Å²) in [5.74, 6) is -0.333. The average molecular weight is 481 g/mol. The fourth-order valence-electron chi connectivity index (χ4n) is 4.58. The predicted molar refractivity (Wildman–Crippen MR) is 134 cm³/mol. The van der Waals surface area contributed by atoms with E-state index in [2.05, 4.69) is 22.4 Å². The maximum absolute atomic E-state index is 13.5. The van der Waals surface area contributed by atoms with Gasteiger partial charge in [-0.25, -0.2) is 14.5 Å². The van der Waals surface area contributed by atoms with E-state index in [0.717, 1.165) is 49.9 Å². The Morgan fingerprint density at radius 1 is 1.15 bits per heavy atom. The van der Waals surface area contributed by atoms with Gasteiger partial charge in [0, 0.05) is 23.5 Å². The van der Waals surface area contributed by atoms with Crippen molar-refractivity contribution in [3.63, 3.8) is 0 Å². The highest BCUT2D eigenvalue weighted by atomic mass is 32.1. The van der Waals surface area contributed by atoms with Crippen molar-refractivity contribution >= 4 is 29.0 Å². The molecular formula is C26H32N4O3S. The van der Waals surface area contributed by atoms with E-state index in [1.54, 1.807) is 20.9 Å². The van der Waals surface area contributed by atoms with Crippen LogP contribution in [0.4, 0.5) is 5.82 Å². The summed E-state index contributed by atoms with van der Waals surface area (Å²) < 4.78 is 1.56. The quantitative estimate of drug-likeness (QED) is 0.468. The molecule has 3 aromatic rings. The summed E-state index contributed by atoms with van der Waals surface area (Å²) >= 11 is 1.60. The van der Waals surface area contributed by atoms with E-state index in [1.165, 1.54) is 11.8 Å². The maximum Gasteiger partial charge on any atom is 0.341 e. The molecule has 1 amide bonds. The summed E-state index contributed by atoms with van der Waals surface area (Å²) in [6, 6.07) is 7.73. The van der Waals surface area contributed by atoms with Crippen molar-refractivity contribution in [2.75, 3.05) is 4.90 Å². The Hall–Kier alpha value is -3.00. The third kappa shape index (κ3) is 5.38. The molecule has 0 bridgehead atoms. The number of aromatic nitrogens is 3. The minimum Gasteiger partial charge on any atom is -0.477 e. The van der Waals surface area contributed by atoms with Gasteiger partial charge >= 0.3 is 5.97 Å². The lowest BCUT2D eigenvalue weighted by molar-refractivity contribution is -0.123. The topological polar surface area (TPSA) is 88.3 Å². The first-order valence-corrected chi connectivity index (χ1v) is 12.9. The van der Waals surface area contributed by atoms with Gasteiger partial charge in [-0.1, -0.05) is 19.1 Å². The molecule has 1 aliphatic rings. The number of aromatic carboxylic acids is 1. The number of amides is 1. The Balaban J connectivity index is 1.57. The van der Waals surface area contributed by atoms with Crippen molar-refractivity contribution in [1.82, 2.24) is 14.8 Å². The second kappa shape index (κ2) is 10.5. The molecule has 7 nitrogen and oxygen atoms in total. The number of carboxylic acid groups (broad SMARTS) is 1. The van der Waals surface area contributed by atoms with Crippen molar-refractivity contribution in [1.29, 1.82) is 0 Å². The van der Waals surface area contributed by atoms with Gasteiger partial charge in [0.25, 0.3) is 0 Å². The van der Waals surface area contributed by atoms with Crippen molar-refractivity contribution in [3.05, 3.63) is 58.2 Å². The zero-order chi connectivity index (χ0) is 24.2. The van der Waals surface area contributed by atoms with Gasteiger partial charge in [-0.05, 0) is 76.0 Å². The van der Waals surface area contributed by atoms with Crippen molar-refractivity contribution in [2.45, 2.75) is 65.3 Å². The maximum atomic E-state index is 13.5. The van der Waals surface area contributed by atoms with E-state index in [1.807, 2.05) is 43.6 Å². The smallest absolute Gasteiger partial charge is 0.341 e. The van der Waals surface area contributed by atoms with Gasteiger partial charge in [0.2, 0.25) is 5.91 Å². The molecule has 0 aliphatic heterocycles. The van der Waals surface area contributed by atoms with Gasteiger partial charge in [0.05, 0.1) is 16.9 Å². The number of hydrogen-bond acceptors (Lipinski definition) is 5. The number of thiazole rings is 1. The molecule has 0 unspecified atom stereocenters. The minimum atomic E-state index is -1.09. The first kappa shape index (κ1) is 24.1. The van der Waals surface area contributed by atoms with Crippen LogP contribution < -0.4 is 4.90 Å². The van der Waals surface area contributed by atoms with Crippen LogP contribution in [0.15, 0.2) is 41.4 Å². The molecule has 2 aromatic heterocycles. The highest BCUT2D eigenvalue weighted by Gasteiger charge is 2.34. The Labute approximate surface area is 204 Å². The number of anilines is 1. The number of benzene rings is 1. The molecule has 2 heterocycles. The lowest BCUT2D eigenvalue weighted by Gasteiger charge is -2.32. The van der Waals surface area contributed by atoms with Crippen LogP contribution in [-0.4, -0.2) is 37.8 Å². The van der Waals surface area contributed by atoms with Crippen LogP contribution in [0.25, 0.3) is 5.69 Å². The number of carboxylic acids is 1. The molecule has 0 radical (unpaired) electrons. The number of carbonyl (C=O) groups excluding carboxylic acids is 1. The van der Waals surface area contributed by atoms with Crippen LogP contribution in [0.5, 0.6) is 0 Å². The number of nitrogens with zero attached hydrogens (tertiary/aromatic N) is 4. The van der Waals surface area contributed by atoms with E-state index >= 15 is 0 Å². The third-order valence-corrected chi connectivity index (χ3v) is 7.26. The van der Waals surface area contributed by atoms with Gasteiger partial charge in [-0.15, -0.1) is 16.4 Å². The molecule has 34 heavy (non-hydrogen) atoms. The molecule has 180 valence electrons. The molecule has 1 aromatic carbocycles. The van der Waals surface area contributed by atoms with Gasteiger partial charge in [0.1, 0.15) is 5.56 Å². The van der Waals surface area contributed by atoms with Gasteiger partial charge in [-0.3, -0.25) is 9.69 Å². The summed E-state index contributed by atoms with van der Waals surface area (Å²) in [6.45, 7) is 6.03. The number of rotatable bonds is 8. The Morgan fingerprint density at radius 2 is 1.85 bits per heavy atom. The van der Waals surface area contributed by atoms with Crippen LogP contribution in [-0.2, 0) is 17.6 Å². The molecule has 1 fully saturated rings. The predicted octanol–water partition coefficient (Wildman–Crippen LogP) is 5.38. The van der Waals surface area contributed by atoms with Crippen molar-refractivity contribution in [3.8, 4) is 5.69 Å². The summed E-state index contributed by atoms with van der Waals surface area (Å²) in [7, 11) is 0. The van der Waals surface area contributed by atoms with Crippen molar-refractivity contribution in [2.24, 2.45) is 11.8 Å². The molecule has 1 saturated carbocycles. The molecular weight excluding hydrogens is 448 g/mol. The molecule has 0 spiro atoms. The molecule has 8 heteroatoms. The summed E-state index contributed by atoms with van der Waals surface area (Å²) in [5, 5.41) is 16.6. The molecule has 0 atom stereocenters. The second-order valence-electron chi connectivity index (χ2n) is 9.52. The van der Waals surface area contributed by atoms with Crippen LogP contribution in [0.2, 0.25) is 0 Å². The lowest BCUT2D eigenvalue weighted by Crippen LogP contribution is -2.43. The SMILES string of the molecule is CC1CCC(C(=O)N(c2nn(-c3ccc(CCc4cscn4)cc3)cc2C(=O)O)C(C)C)CC1. The van der Waals surface area contributed by atoms with Gasteiger partial charge in [0.15, 0.2) is 5.82 Å². The van der Waals surface area contributed by atoms with E-state index in [0.29, 0.717) is 5.92 Å². The van der Waals surface area contributed by atoms with Crippen molar-refractivity contribution < 1.29 is 14.7 Å². The fourth-order valence-corrected chi connectivity index (χ4v) is 5.17. The molecule has 4 rings (SSSR count). The minimum absolute atomic E-state index is 0.0213. The normalized spacial score (nSPS) is 18.2. The zero-order valence-electron chi connectivity index (χ0n) is 20.0. The lowest BCUT2D eigenvalue weighted by atomic mass is 9.82. The Morgan fingerprint density at radius 3 is 2.44 bits per heavy atom. The Kier molecular flexibility index (Phi) is 7.46. The van der Waals surface area contributed by atoms with Crippen LogP contribution >= 0.6 is 11.3 Å². The number of aryl methyl sites for hydroxylation is 2. The largest absolute Gasteiger partial charge is 0.477 e. The summed E-state index contributed by atoms with van der Waals surface area (Å²) in [6.07, 6.45) is 7.00. The molecule has 0 saturated heterocycles. The Bertz CT molecular complexity index is 1110. The summed E-state index contributed by atoms with van der Waals surface area (Å²) in [5.41, 5.74) is 4.90. The first-order valence-electron chi connectivity index (χ1n) is 12.0. The standard InChI is InChI=1S/C26H32N4O3S/c1-17(2)30(25(31)20-9-4-18(3)5-10-20)24-23(26(32)33)14-29(28-24)22-12-7-19(8-13-22)6-11-21-15-34-16-27-21/h7-8,12-18,20H,4-6,9-11H2,1-3H3,(H,32,33). The van der Waals surface area contributed by atoms with Gasteiger partial charge in [-0.2, -0.15) is 0 Å². The van der Waals surface area contributed by atoms with Crippen LogP contribution in [0.1, 0.15) is 68.1 Å². The average Bonchev–Trinajstić information content (AvgIpc) is 3.49. The summed E-state index contributed by atoms with van der Waals surface area (Å²) in [4.78, 5) is 31.5. The monoisotopic (exact) mass is 480 g/mol. The molecule has 1 N–H and O–H groups in total. The van der Waals surface area contributed by atoms with E-state index in [9.17, 15) is 14.7 Å². The van der Waals surface area contributed by atoms with Crippen LogP contribution in [0, 0.1) is 11.8 Å². The van der Waals surface area contributed by atoms with E-state index in [4.69, 9.17) is 0 Å². The number of carbonyl (C=O) groups is 2. The van der Waals surface area contributed by atoms with Gasteiger partial charge < -0.3 is 5.11 Å². The molecule has 1 aliphatic carbocycles. The first-order chi connectivity index (χ1) is 16.3. The highest BCUT2D eigenvalue weighted by Crippen LogP contribution is 2.32. The number of hydrogen-bond donors (Lipinski definition) is 1. The van der Waals surface area contributed by atoms with Crippen LogP contribution in [0.3, 0.4) is 0 Å². The highest BCUT2D eigenvalue weighted by molar-refractivity contribution is 7.07. The van der Waals surface area contributed by atoms with E-state index in [-0.39, 0.29) is 29.2 Å². The van der Waals surface area contributed by atoms with E-state index < -0.39 is 5.97 Å². The zero-order valence-corrected chi connectivity index (χ0v) is 20.8. The third-order valence-electron chi connectivity index (χ3n) is 6.63. The fraction of sp³-hybridized carbons (Fsp3) is 0.462. The second-order valence-corrected chi connectivity index (χ2v) is 10.2.